The molecular weight excluding hydrogens is 358 g/mol. The Balaban J connectivity index is 1.87. The molecule has 2 amide bonds. The Morgan fingerprint density at radius 1 is 1.11 bits per heavy atom. The van der Waals surface area contributed by atoms with Gasteiger partial charge in [-0.3, -0.25) is 9.59 Å². The maximum absolute atomic E-state index is 12.2. The molecule has 0 fully saturated rings. The van der Waals surface area contributed by atoms with Gasteiger partial charge in [-0.25, -0.2) is 0 Å². The van der Waals surface area contributed by atoms with Gasteiger partial charge in [-0.2, -0.15) is 0 Å². The average Bonchev–Trinajstić information content (AvgIpc) is 2.71. The largest absolute Gasteiger partial charge is 0.489 e. The lowest BCUT2D eigenvalue weighted by Gasteiger charge is -2.10. The van der Waals surface area contributed by atoms with E-state index in [9.17, 15) is 9.59 Å². The van der Waals surface area contributed by atoms with E-state index in [-0.39, 0.29) is 18.4 Å². The van der Waals surface area contributed by atoms with Crippen molar-refractivity contribution in [2.45, 2.75) is 0 Å². The van der Waals surface area contributed by atoms with Crippen molar-refractivity contribution in [3.63, 3.8) is 0 Å². The van der Waals surface area contributed by atoms with Gasteiger partial charge in [-0.15, -0.1) is 0 Å². The number of ether oxygens (including phenoxy) is 2. The van der Waals surface area contributed by atoms with Crippen LogP contribution in [0.25, 0.3) is 0 Å². The molecular formula is C21H25N3O4. The van der Waals surface area contributed by atoms with Crippen LogP contribution >= 0.6 is 0 Å². The number of amides is 2. The van der Waals surface area contributed by atoms with Crippen LogP contribution in [0.2, 0.25) is 0 Å². The van der Waals surface area contributed by atoms with Gasteiger partial charge in [0.1, 0.15) is 12.4 Å². The van der Waals surface area contributed by atoms with Crippen molar-refractivity contribution in [1.29, 1.82) is 0 Å². The fourth-order valence-electron chi connectivity index (χ4n) is 2.35. The first-order chi connectivity index (χ1) is 13.6. The van der Waals surface area contributed by atoms with Crippen molar-refractivity contribution in [3.8, 4) is 5.75 Å². The predicted molar refractivity (Wildman–Crippen MR) is 110 cm³/mol. The van der Waals surface area contributed by atoms with Crippen LogP contribution in [0.4, 0.5) is 11.4 Å². The van der Waals surface area contributed by atoms with Crippen molar-refractivity contribution in [1.82, 2.24) is 5.32 Å². The van der Waals surface area contributed by atoms with E-state index in [0.717, 1.165) is 5.69 Å². The first kappa shape index (κ1) is 21.0. The second kappa shape index (κ2) is 11.4. The third-order valence-electron chi connectivity index (χ3n) is 3.66. The zero-order chi connectivity index (χ0) is 20.2. The summed E-state index contributed by atoms with van der Waals surface area (Å²) in [6, 6.07) is 14.1. The van der Waals surface area contributed by atoms with Gasteiger partial charge < -0.3 is 25.4 Å². The van der Waals surface area contributed by atoms with E-state index in [1.807, 2.05) is 24.3 Å². The summed E-state index contributed by atoms with van der Waals surface area (Å²) < 4.78 is 10.4. The lowest BCUT2D eigenvalue weighted by Crippen LogP contribution is -2.27. The van der Waals surface area contributed by atoms with Crippen molar-refractivity contribution in [2.24, 2.45) is 0 Å². The van der Waals surface area contributed by atoms with Crippen LogP contribution in [0.5, 0.6) is 5.75 Å². The molecule has 0 bridgehead atoms. The van der Waals surface area contributed by atoms with Gasteiger partial charge in [0.25, 0.3) is 5.91 Å². The van der Waals surface area contributed by atoms with Crippen LogP contribution in [-0.4, -0.2) is 45.2 Å². The van der Waals surface area contributed by atoms with E-state index in [1.165, 1.54) is 0 Å². The highest BCUT2D eigenvalue weighted by atomic mass is 16.5. The molecule has 7 nitrogen and oxygen atoms in total. The summed E-state index contributed by atoms with van der Waals surface area (Å²) in [6.45, 7) is 4.96. The monoisotopic (exact) mass is 383 g/mol. The number of anilines is 2. The Bertz CT molecular complexity index is 808. The minimum Gasteiger partial charge on any atom is -0.489 e. The lowest BCUT2D eigenvalue weighted by molar-refractivity contribution is -0.114. The van der Waals surface area contributed by atoms with Crippen LogP contribution in [-0.2, 0) is 9.53 Å². The number of rotatable bonds is 11. The molecule has 2 aromatic rings. The number of hydrogen-bond donors (Lipinski definition) is 3. The van der Waals surface area contributed by atoms with Gasteiger partial charge in [-0.1, -0.05) is 24.8 Å². The van der Waals surface area contributed by atoms with Crippen molar-refractivity contribution in [2.75, 3.05) is 44.0 Å². The molecule has 7 heteroatoms. The summed E-state index contributed by atoms with van der Waals surface area (Å²) in [5.41, 5.74) is 1.78. The second-order valence-corrected chi connectivity index (χ2v) is 5.86. The number of carbonyl (C=O) groups excluding carboxylic acids is 2. The molecule has 0 saturated heterocycles. The summed E-state index contributed by atoms with van der Waals surface area (Å²) >= 11 is 0. The lowest BCUT2D eigenvalue weighted by atomic mass is 10.2. The van der Waals surface area contributed by atoms with E-state index in [1.54, 1.807) is 37.5 Å². The van der Waals surface area contributed by atoms with Crippen molar-refractivity contribution in [3.05, 3.63) is 66.7 Å². The smallest absolute Gasteiger partial charge is 0.251 e. The van der Waals surface area contributed by atoms with Crippen LogP contribution in [0.15, 0.2) is 61.2 Å². The van der Waals surface area contributed by atoms with Crippen LogP contribution in [0.3, 0.4) is 0 Å². The molecule has 2 rings (SSSR count). The topological polar surface area (TPSA) is 88.7 Å². The summed E-state index contributed by atoms with van der Waals surface area (Å²) in [5.74, 6) is 0.245. The molecule has 0 heterocycles. The molecule has 0 aliphatic rings. The minimum atomic E-state index is -0.227. The fourth-order valence-corrected chi connectivity index (χ4v) is 2.35. The molecule has 0 spiro atoms. The standard InChI is InChI=1S/C21H25N3O4/c1-3-11-28-19-9-5-7-17(14-19)23-15-20(25)24-18-8-4-6-16(13-18)21(26)22-10-12-27-2/h3-9,13-14,23H,1,10-12,15H2,2H3,(H,22,26)(H,24,25). The van der Waals surface area contributed by atoms with E-state index in [0.29, 0.717) is 36.8 Å². The zero-order valence-corrected chi connectivity index (χ0v) is 15.9. The molecule has 0 atom stereocenters. The fraction of sp³-hybridized carbons (Fsp3) is 0.238. The summed E-state index contributed by atoms with van der Waals surface area (Å²) in [7, 11) is 1.57. The number of carbonyl (C=O) groups is 2. The van der Waals surface area contributed by atoms with Crippen LogP contribution in [0, 0.1) is 0 Å². The van der Waals surface area contributed by atoms with Crippen LogP contribution in [0.1, 0.15) is 10.4 Å². The molecule has 0 saturated carbocycles. The first-order valence-corrected chi connectivity index (χ1v) is 8.87. The van der Waals surface area contributed by atoms with Gasteiger partial charge in [0.2, 0.25) is 5.91 Å². The predicted octanol–water partition coefficient (Wildman–Crippen LogP) is 2.68. The first-order valence-electron chi connectivity index (χ1n) is 8.87. The summed E-state index contributed by atoms with van der Waals surface area (Å²) in [6.07, 6.45) is 1.67. The molecule has 3 N–H and O–H groups in total. The highest BCUT2D eigenvalue weighted by molar-refractivity contribution is 5.98. The highest BCUT2D eigenvalue weighted by Crippen LogP contribution is 2.17. The number of hydrogen-bond acceptors (Lipinski definition) is 5. The van der Waals surface area contributed by atoms with Gasteiger partial charge >= 0.3 is 0 Å². The molecule has 0 aromatic heterocycles. The Labute approximate surface area is 164 Å². The maximum Gasteiger partial charge on any atom is 0.251 e. The Morgan fingerprint density at radius 3 is 2.68 bits per heavy atom. The summed E-state index contributed by atoms with van der Waals surface area (Å²) in [4.78, 5) is 24.3. The molecule has 0 radical (unpaired) electrons. The van der Waals surface area contributed by atoms with E-state index >= 15 is 0 Å². The van der Waals surface area contributed by atoms with E-state index in [4.69, 9.17) is 9.47 Å². The van der Waals surface area contributed by atoms with Gasteiger partial charge in [0.05, 0.1) is 13.2 Å². The Hall–Kier alpha value is -3.32. The third kappa shape index (κ3) is 7.13. The molecule has 28 heavy (non-hydrogen) atoms. The van der Waals surface area contributed by atoms with Crippen molar-refractivity contribution >= 4 is 23.2 Å². The maximum atomic E-state index is 12.2. The minimum absolute atomic E-state index is 0.0785. The van der Waals surface area contributed by atoms with Crippen LogP contribution < -0.4 is 20.7 Å². The molecule has 148 valence electrons. The van der Waals surface area contributed by atoms with Gasteiger partial charge in [-0.05, 0) is 30.3 Å². The quantitative estimate of drug-likeness (QED) is 0.410. The van der Waals surface area contributed by atoms with E-state index in [2.05, 4.69) is 22.5 Å². The Kier molecular flexibility index (Phi) is 8.55. The van der Waals surface area contributed by atoms with E-state index < -0.39 is 0 Å². The van der Waals surface area contributed by atoms with Crippen molar-refractivity contribution < 1.29 is 19.1 Å². The second-order valence-electron chi connectivity index (χ2n) is 5.86. The highest BCUT2D eigenvalue weighted by Gasteiger charge is 2.08. The van der Waals surface area contributed by atoms with Gasteiger partial charge in [0.15, 0.2) is 0 Å². The number of nitrogens with one attached hydrogen (secondary N) is 3. The average molecular weight is 383 g/mol. The molecule has 0 aliphatic heterocycles. The normalized spacial score (nSPS) is 10.0. The zero-order valence-electron chi connectivity index (χ0n) is 15.9. The SMILES string of the molecule is C=CCOc1cccc(NCC(=O)Nc2cccc(C(=O)NCCOC)c2)c1. The summed E-state index contributed by atoms with van der Waals surface area (Å²) in [5, 5.41) is 8.55. The number of benzene rings is 2. The Morgan fingerprint density at radius 2 is 1.89 bits per heavy atom. The molecule has 0 unspecified atom stereocenters. The van der Waals surface area contributed by atoms with Gasteiger partial charge in [0, 0.05) is 36.7 Å². The number of methoxy groups -OCH3 is 1. The molecule has 0 aliphatic carbocycles. The third-order valence-corrected chi connectivity index (χ3v) is 3.66. The molecule has 2 aromatic carbocycles.